The van der Waals surface area contributed by atoms with Gasteiger partial charge in [-0.05, 0) is 57.5 Å². The molecule has 0 amide bonds. The van der Waals surface area contributed by atoms with Gasteiger partial charge in [0.25, 0.3) is 0 Å². The van der Waals surface area contributed by atoms with Gasteiger partial charge in [-0.3, -0.25) is 4.90 Å². The van der Waals surface area contributed by atoms with Gasteiger partial charge in [-0.1, -0.05) is 67.3 Å². The molecular formula is C43H57ClN6O6. The van der Waals surface area contributed by atoms with Crippen LogP contribution in [0.3, 0.4) is 0 Å². The number of methoxy groups -OCH3 is 3. The molecule has 0 unspecified atom stereocenters. The Hall–Kier alpha value is -4.59. The summed E-state index contributed by atoms with van der Waals surface area (Å²) < 4.78 is 22.7. The first kappa shape index (κ1) is 44.1. The highest BCUT2D eigenvalue weighted by Crippen LogP contribution is 2.40. The molecule has 1 saturated heterocycles. The molecule has 0 bridgehead atoms. The minimum Gasteiger partial charge on any atom is -0.496 e. The van der Waals surface area contributed by atoms with Crippen LogP contribution < -0.4 is 24.8 Å². The van der Waals surface area contributed by atoms with Gasteiger partial charge in [-0.2, -0.15) is 4.98 Å². The number of benzene rings is 2. The van der Waals surface area contributed by atoms with Crippen LogP contribution in [-0.2, 0) is 22.6 Å². The SMILES string of the molecule is CNCc1ccc(-c2cccc(-c3cccc(Nc4cc(OC)c(CN(C)C5CCOCC5)c(OC)n4)c3C=N)c2Cl)nc1OC.CO.O=CC1CCCCC1. The van der Waals surface area contributed by atoms with E-state index in [1.807, 2.05) is 61.6 Å². The molecule has 6 rings (SSSR count). The first-order valence-corrected chi connectivity index (χ1v) is 19.4. The third-order valence-corrected chi connectivity index (χ3v) is 10.5. The van der Waals surface area contributed by atoms with E-state index in [4.69, 9.17) is 51.0 Å². The molecule has 2 fully saturated rings. The van der Waals surface area contributed by atoms with E-state index in [0.29, 0.717) is 70.3 Å². The topological polar surface area (TPSA) is 151 Å². The molecule has 4 aromatic rings. The predicted molar refractivity (Wildman–Crippen MR) is 224 cm³/mol. The number of hydrogen-bond acceptors (Lipinski definition) is 12. The number of rotatable bonds is 14. The predicted octanol–water partition coefficient (Wildman–Crippen LogP) is 7.94. The highest BCUT2D eigenvalue weighted by molar-refractivity contribution is 6.36. The summed E-state index contributed by atoms with van der Waals surface area (Å²) in [5.74, 6) is 2.63. The van der Waals surface area contributed by atoms with Crippen LogP contribution >= 0.6 is 11.6 Å². The van der Waals surface area contributed by atoms with Crippen molar-refractivity contribution in [3.8, 4) is 39.9 Å². The van der Waals surface area contributed by atoms with E-state index in [9.17, 15) is 4.79 Å². The van der Waals surface area contributed by atoms with Crippen LogP contribution in [0.25, 0.3) is 22.4 Å². The normalized spacial score (nSPS) is 14.4. The Labute approximate surface area is 336 Å². The van der Waals surface area contributed by atoms with E-state index in [0.717, 1.165) is 80.1 Å². The van der Waals surface area contributed by atoms with Crippen LogP contribution in [0.5, 0.6) is 17.5 Å². The lowest BCUT2D eigenvalue weighted by Crippen LogP contribution is -2.36. The first-order chi connectivity index (χ1) is 27.3. The number of pyridine rings is 2. The summed E-state index contributed by atoms with van der Waals surface area (Å²) in [5, 5.41) is 22.4. The summed E-state index contributed by atoms with van der Waals surface area (Å²) in [4.78, 5) is 22.0. The second-order valence-electron chi connectivity index (χ2n) is 13.6. The zero-order valence-corrected chi connectivity index (χ0v) is 34.2. The van der Waals surface area contributed by atoms with Gasteiger partial charge in [0, 0.05) is 85.6 Å². The lowest BCUT2D eigenvalue weighted by Gasteiger charge is -2.31. The number of aromatic nitrogens is 2. The molecule has 2 aromatic heterocycles. The first-order valence-electron chi connectivity index (χ1n) is 19.0. The number of hydrogen-bond donors (Lipinski definition) is 4. The van der Waals surface area contributed by atoms with Gasteiger partial charge in [0.1, 0.15) is 17.9 Å². The van der Waals surface area contributed by atoms with Crippen molar-refractivity contribution in [1.29, 1.82) is 5.41 Å². The molecule has 2 aliphatic rings. The fraction of sp³-hybridized carbons (Fsp3) is 0.442. The van der Waals surface area contributed by atoms with Gasteiger partial charge in [-0.15, -0.1) is 0 Å². The Balaban J connectivity index is 0.000000612. The fourth-order valence-corrected chi connectivity index (χ4v) is 7.45. The van der Waals surface area contributed by atoms with E-state index >= 15 is 0 Å². The molecule has 0 radical (unpaired) electrons. The van der Waals surface area contributed by atoms with E-state index in [2.05, 4.69) is 22.6 Å². The van der Waals surface area contributed by atoms with Crippen molar-refractivity contribution in [2.24, 2.45) is 5.92 Å². The maximum atomic E-state index is 10.2. The molecule has 1 saturated carbocycles. The van der Waals surface area contributed by atoms with Gasteiger partial charge in [0.05, 0.1) is 37.6 Å². The highest BCUT2D eigenvalue weighted by Gasteiger charge is 2.23. The highest BCUT2D eigenvalue weighted by atomic mass is 35.5. The number of nitrogens with zero attached hydrogens (tertiary/aromatic N) is 3. The molecule has 4 N–H and O–H groups in total. The quantitative estimate of drug-likeness (QED) is 0.0729. The zero-order chi connectivity index (χ0) is 40.5. The maximum absolute atomic E-state index is 10.2. The van der Waals surface area contributed by atoms with Gasteiger partial charge in [-0.25, -0.2) is 4.98 Å². The summed E-state index contributed by atoms with van der Waals surface area (Å²) >= 11 is 7.06. The van der Waals surface area contributed by atoms with Crippen LogP contribution in [0.4, 0.5) is 11.5 Å². The molecule has 0 spiro atoms. The molecule has 1 aliphatic heterocycles. The Morgan fingerprint density at radius 3 is 2.21 bits per heavy atom. The number of aliphatic hydroxyl groups is 1. The summed E-state index contributed by atoms with van der Waals surface area (Å²) in [7, 11) is 9.85. The largest absolute Gasteiger partial charge is 0.496 e. The Morgan fingerprint density at radius 2 is 1.59 bits per heavy atom. The van der Waals surface area contributed by atoms with Gasteiger partial charge in [0.2, 0.25) is 11.8 Å². The smallest absolute Gasteiger partial charge is 0.223 e. The van der Waals surface area contributed by atoms with Crippen molar-refractivity contribution in [3.63, 3.8) is 0 Å². The van der Waals surface area contributed by atoms with E-state index in [1.54, 1.807) is 21.3 Å². The standard InChI is InChI=1S/C35H41ClN6O4.C7H12O.CH4O/c1-38-20-22-12-13-30(40-34(22)44-4)26-10-6-9-25(33(26)36)24-8-7-11-29(27(24)19-37)39-32-18-31(43-3)28(35(41-32)45-5)21-42(2)23-14-16-46-17-15-23;8-6-7-4-2-1-3-5-7;1-2/h6-13,18-19,23,37-38H,14-17,20-21H2,1-5H3,(H,39,41);6-7H,1-5H2;2H,1H3. The zero-order valence-electron chi connectivity index (χ0n) is 33.5. The van der Waals surface area contributed by atoms with Crippen LogP contribution in [0.2, 0.25) is 5.02 Å². The lowest BCUT2D eigenvalue weighted by molar-refractivity contribution is -0.111. The Morgan fingerprint density at radius 1 is 0.911 bits per heavy atom. The van der Waals surface area contributed by atoms with Gasteiger partial charge >= 0.3 is 0 Å². The number of carbonyl (C=O) groups excluding carboxylic acids is 1. The van der Waals surface area contributed by atoms with Crippen molar-refractivity contribution in [3.05, 3.63) is 76.3 Å². The van der Waals surface area contributed by atoms with Crippen molar-refractivity contribution in [2.75, 3.05) is 61.1 Å². The third-order valence-electron chi connectivity index (χ3n) is 10.1. The summed E-state index contributed by atoms with van der Waals surface area (Å²) in [6, 6.07) is 17.8. The van der Waals surface area contributed by atoms with E-state index in [1.165, 1.54) is 25.5 Å². The number of ether oxygens (including phenoxy) is 4. The molecule has 0 atom stereocenters. The van der Waals surface area contributed by atoms with Crippen LogP contribution in [0, 0.1) is 11.3 Å². The maximum Gasteiger partial charge on any atom is 0.223 e. The van der Waals surface area contributed by atoms with Crippen molar-refractivity contribution >= 4 is 35.6 Å². The van der Waals surface area contributed by atoms with Crippen LogP contribution in [0.15, 0.2) is 54.6 Å². The number of anilines is 2. The molecule has 2 aromatic carbocycles. The monoisotopic (exact) mass is 788 g/mol. The Kier molecular flexibility index (Phi) is 18.0. The molecule has 56 heavy (non-hydrogen) atoms. The summed E-state index contributed by atoms with van der Waals surface area (Å²) in [6.07, 6.45) is 10.6. The van der Waals surface area contributed by atoms with Crippen LogP contribution in [0.1, 0.15) is 61.6 Å². The minimum atomic E-state index is 0.406. The summed E-state index contributed by atoms with van der Waals surface area (Å²) in [6.45, 7) is 2.79. The second-order valence-corrected chi connectivity index (χ2v) is 14.0. The molecule has 302 valence electrons. The van der Waals surface area contributed by atoms with E-state index in [-0.39, 0.29) is 0 Å². The molecule has 12 nitrogen and oxygen atoms in total. The second kappa shape index (κ2) is 22.8. The third kappa shape index (κ3) is 11.3. The lowest BCUT2D eigenvalue weighted by atomic mass is 9.91. The minimum absolute atomic E-state index is 0.406. The fourth-order valence-electron chi connectivity index (χ4n) is 7.12. The van der Waals surface area contributed by atoms with Crippen molar-refractivity contribution in [2.45, 2.75) is 64.1 Å². The molecule has 13 heteroatoms. The van der Waals surface area contributed by atoms with E-state index < -0.39 is 0 Å². The van der Waals surface area contributed by atoms with Gasteiger partial charge in [0.15, 0.2) is 0 Å². The molecular weight excluding hydrogens is 732 g/mol. The number of halogens is 1. The summed E-state index contributed by atoms with van der Waals surface area (Å²) in [5.41, 5.74) is 6.19. The molecule has 1 aliphatic carbocycles. The van der Waals surface area contributed by atoms with Crippen molar-refractivity contribution in [1.82, 2.24) is 20.2 Å². The number of aliphatic hydroxyl groups excluding tert-OH is 1. The number of nitrogens with one attached hydrogen (secondary N) is 3. The Bertz CT molecular complexity index is 1840. The average molecular weight is 789 g/mol. The van der Waals surface area contributed by atoms with Crippen LogP contribution in [-0.4, -0.2) is 94.3 Å². The number of aldehydes is 1. The average Bonchev–Trinajstić information content (AvgIpc) is 3.25. The number of carbonyl (C=O) groups is 1. The van der Waals surface area contributed by atoms with Crippen molar-refractivity contribution < 1.29 is 28.8 Å². The van der Waals surface area contributed by atoms with Gasteiger partial charge < -0.3 is 44.9 Å². The molecule has 3 heterocycles.